The van der Waals surface area contributed by atoms with E-state index in [1.165, 1.54) is 11.3 Å². The third kappa shape index (κ3) is 3.65. The average Bonchev–Trinajstić information content (AvgIpc) is 3.18. The Balaban J connectivity index is 1.35. The zero-order chi connectivity index (χ0) is 21.4. The van der Waals surface area contributed by atoms with E-state index in [2.05, 4.69) is 58.8 Å². The third-order valence-corrected chi connectivity index (χ3v) is 6.04. The second-order valence-electron chi connectivity index (χ2n) is 8.14. The molecule has 3 heterocycles. The SMILES string of the molecule is CN1C=CC(Oc2ccccc2)=CC1C(=O)NC1Cc2ccccc2N2C=CN(C)C12. The second-order valence-corrected chi connectivity index (χ2v) is 8.14. The van der Waals surface area contributed by atoms with Crippen LogP contribution >= 0.6 is 0 Å². The second kappa shape index (κ2) is 7.87. The van der Waals surface area contributed by atoms with Crippen LogP contribution in [0.2, 0.25) is 0 Å². The number of hydrogen-bond acceptors (Lipinski definition) is 5. The highest BCUT2D eigenvalue weighted by molar-refractivity contribution is 5.85. The molecule has 3 aliphatic heterocycles. The summed E-state index contributed by atoms with van der Waals surface area (Å²) in [7, 11) is 3.96. The fraction of sp³-hybridized carbons (Fsp3) is 0.240. The first kappa shape index (κ1) is 19.3. The number of rotatable bonds is 4. The minimum Gasteiger partial charge on any atom is -0.458 e. The molecule has 0 radical (unpaired) electrons. The van der Waals surface area contributed by atoms with E-state index < -0.39 is 6.04 Å². The molecule has 2 aromatic carbocycles. The molecule has 5 rings (SSSR count). The molecule has 31 heavy (non-hydrogen) atoms. The van der Waals surface area contributed by atoms with Crippen molar-refractivity contribution in [3.05, 3.63) is 96.7 Å². The van der Waals surface area contributed by atoms with E-state index in [0.717, 1.165) is 12.2 Å². The fourth-order valence-electron chi connectivity index (χ4n) is 4.49. The number of ether oxygens (including phenoxy) is 1. The monoisotopic (exact) mass is 414 g/mol. The van der Waals surface area contributed by atoms with Crippen molar-refractivity contribution in [3.63, 3.8) is 0 Å². The number of amides is 1. The van der Waals surface area contributed by atoms with Gasteiger partial charge in [-0.05, 0) is 42.3 Å². The zero-order valence-electron chi connectivity index (χ0n) is 17.7. The number of hydrogen-bond donors (Lipinski definition) is 1. The van der Waals surface area contributed by atoms with E-state index in [-0.39, 0.29) is 18.1 Å². The Bertz CT molecular complexity index is 1060. The highest BCUT2D eigenvalue weighted by atomic mass is 16.5. The standard InChI is InChI=1S/C25H26N4O2/c1-27-13-12-20(31-19-9-4-3-5-10-19)17-23(27)24(30)26-21-16-18-8-6-7-11-22(18)29-15-14-28(2)25(21)29/h3-15,17,21,23,25H,16H2,1-2H3,(H,26,30). The number of carbonyl (C=O) groups is 1. The predicted octanol–water partition coefficient (Wildman–Crippen LogP) is 3.07. The number of allylic oxidation sites excluding steroid dienone is 1. The molecule has 0 aromatic heterocycles. The summed E-state index contributed by atoms with van der Waals surface area (Å²) in [4.78, 5) is 19.6. The van der Waals surface area contributed by atoms with Gasteiger partial charge in [-0.15, -0.1) is 0 Å². The van der Waals surface area contributed by atoms with E-state index >= 15 is 0 Å². The maximum Gasteiger partial charge on any atom is 0.247 e. The third-order valence-electron chi connectivity index (χ3n) is 6.04. The average molecular weight is 415 g/mol. The molecule has 3 unspecified atom stereocenters. The lowest BCUT2D eigenvalue weighted by Gasteiger charge is -2.42. The molecule has 6 nitrogen and oxygen atoms in total. The van der Waals surface area contributed by atoms with Gasteiger partial charge in [-0.3, -0.25) is 4.79 Å². The van der Waals surface area contributed by atoms with Gasteiger partial charge in [0.25, 0.3) is 0 Å². The number of fused-ring (bicyclic) bond motifs is 3. The Kier molecular flexibility index (Phi) is 4.90. The van der Waals surface area contributed by atoms with Crippen molar-refractivity contribution in [1.29, 1.82) is 0 Å². The Morgan fingerprint density at radius 1 is 0.968 bits per heavy atom. The molecule has 3 atom stereocenters. The number of para-hydroxylation sites is 2. The topological polar surface area (TPSA) is 48.1 Å². The predicted molar refractivity (Wildman–Crippen MR) is 121 cm³/mol. The van der Waals surface area contributed by atoms with Crippen LogP contribution in [0.3, 0.4) is 0 Å². The highest BCUT2D eigenvalue weighted by Gasteiger charge is 2.39. The van der Waals surface area contributed by atoms with Crippen molar-refractivity contribution in [1.82, 2.24) is 15.1 Å². The maximum atomic E-state index is 13.3. The summed E-state index contributed by atoms with van der Waals surface area (Å²) < 4.78 is 5.95. The number of carbonyl (C=O) groups excluding carboxylic acids is 1. The van der Waals surface area contributed by atoms with Crippen LogP contribution in [0, 0.1) is 0 Å². The van der Waals surface area contributed by atoms with Crippen LogP contribution in [-0.4, -0.2) is 48.1 Å². The Labute approximate surface area is 182 Å². The van der Waals surface area contributed by atoms with Crippen molar-refractivity contribution in [3.8, 4) is 5.75 Å². The number of benzene rings is 2. The van der Waals surface area contributed by atoms with Crippen LogP contribution in [0.15, 0.2) is 91.1 Å². The molecule has 0 aliphatic carbocycles. The van der Waals surface area contributed by atoms with Crippen molar-refractivity contribution in [2.45, 2.75) is 24.7 Å². The van der Waals surface area contributed by atoms with Crippen LogP contribution in [-0.2, 0) is 11.2 Å². The molecule has 0 fully saturated rings. The van der Waals surface area contributed by atoms with Gasteiger partial charge in [-0.2, -0.15) is 0 Å². The van der Waals surface area contributed by atoms with E-state index in [1.807, 2.05) is 60.6 Å². The van der Waals surface area contributed by atoms with Crippen molar-refractivity contribution in [2.75, 3.05) is 19.0 Å². The zero-order valence-corrected chi connectivity index (χ0v) is 17.7. The quantitative estimate of drug-likeness (QED) is 0.833. The van der Waals surface area contributed by atoms with Gasteiger partial charge in [0.1, 0.15) is 23.7 Å². The molecule has 158 valence electrons. The smallest absolute Gasteiger partial charge is 0.247 e. The number of likely N-dealkylation sites (N-methyl/N-ethyl adjacent to an activating group) is 2. The lowest BCUT2D eigenvalue weighted by Crippen LogP contribution is -2.59. The minimum atomic E-state index is -0.436. The summed E-state index contributed by atoms with van der Waals surface area (Å²) in [5.74, 6) is 1.38. The van der Waals surface area contributed by atoms with Gasteiger partial charge < -0.3 is 24.8 Å². The Hall–Kier alpha value is -3.67. The van der Waals surface area contributed by atoms with Gasteiger partial charge in [0.05, 0.1) is 6.04 Å². The van der Waals surface area contributed by atoms with Gasteiger partial charge >= 0.3 is 0 Å². The fourth-order valence-corrected chi connectivity index (χ4v) is 4.49. The van der Waals surface area contributed by atoms with Crippen LogP contribution in [0.5, 0.6) is 5.75 Å². The summed E-state index contributed by atoms with van der Waals surface area (Å²) in [5.41, 5.74) is 2.44. The van der Waals surface area contributed by atoms with E-state index in [0.29, 0.717) is 5.76 Å². The summed E-state index contributed by atoms with van der Waals surface area (Å²) in [6, 6.07) is 17.5. The first-order valence-electron chi connectivity index (χ1n) is 10.5. The number of anilines is 1. The van der Waals surface area contributed by atoms with Crippen molar-refractivity contribution < 1.29 is 9.53 Å². The molecule has 0 spiro atoms. The summed E-state index contributed by atoms with van der Waals surface area (Å²) in [6.07, 6.45) is 10.6. The van der Waals surface area contributed by atoms with E-state index in [4.69, 9.17) is 4.74 Å². The molecule has 0 bridgehead atoms. The minimum absolute atomic E-state index is 0.0337. The highest BCUT2D eigenvalue weighted by Crippen LogP contribution is 2.35. The Morgan fingerprint density at radius 3 is 2.58 bits per heavy atom. The van der Waals surface area contributed by atoms with Gasteiger partial charge in [-0.25, -0.2) is 0 Å². The lowest BCUT2D eigenvalue weighted by molar-refractivity contribution is -0.125. The molecule has 6 heteroatoms. The molecule has 3 aliphatic rings. The first-order valence-corrected chi connectivity index (χ1v) is 10.5. The molecule has 2 aromatic rings. The summed E-state index contributed by atoms with van der Waals surface area (Å²) >= 11 is 0. The number of nitrogens with one attached hydrogen (secondary N) is 1. The van der Waals surface area contributed by atoms with Gasteiger partial charge in [0.2, 0.25) is 5.91 Å². The lowest BCUT2D eigenvalue weighted by atomic mass is 9.95. The van der Waals surface area contributed by atoms with E-state index in [9.17, 15) is 4.79 Å². The Morgan fingerprint density at radius 2 is 1.74 bits per heavy atom. The van der Waals surface area contributed by atoms with Gasteiger partial charge in [-0.1, -0.05) is 36.4 Å². The maximum absolute atomic E-state index is 13.3. The number of nitrogens with zero attached hydrogens (tertiary/aromatic N) is 3. The summed E-state index contributed by atoms with van der Waals surface area (Å²) in [5, 5.41) is 3.31. The normalized spacial score (nSPS) is 23.9. The molecule has 1 N–H and O–H groups in total. The molecular formula is C25H26N4O2. The van der Waals surface area contributed by atoms with Gasteiger partial charge in [0.15, 0.2) is 0 Å². The van der Waals surface area contributed by atoms with Crippen LogP contribution in [0.25, 0.3) is 0 Å². The van der Waals surface area contributed by atoms with Crippen molar-refractivity contribution >= 4 is 11.6 Å². The van der Waals surface area contributed by atoms with Crippen LogP contribution in [0.4, 0.5) is 5.69 Å². The molecule has 1 amide bonds. The van der Waals surface area contributed by atoms with E-state index in [1.54, 1.807) is 0 Å². The van der Waals surface area contributed by atoms with Crippen LogP contribution < -0.4 is 15.0 Å². The first-order chi connectivity index (χ1) is 15.1. The van der Waals surface area contributed by atoms with Crippen molar-refractivity contribution in [2.24, 2.45) is 0 Å². The molecular weight excluding hydrogens is 388 g/mol. The molecule has 0 saturated heterocycles. The molecule has 0 saturated carbocycles. The summed E-state index contributed by atoms with van der Waals surface area (Å²) in [6.45, 7) is 0. The largest absolute Gasteiger partial charge is 0.458 e. The van der Waals surface area contributed by atoms with Crippen LogP contribution in [0.1, 0.15) is 5.56 Å². The van der Waals surface area contributed by atoms with Gasteiger partial charge in [0, 0.05) is 38.4 Å².